The lowest BCUT2D eigenvalue weighted by molar-refractivity contribution is 0.102. The number of halogens is 1. The van der Waals surface area contributed by atoms with Crippen molar-refractivity contribution in [1.82, 2.24) is 4.31 Å². The lowest BCUT2D eigenvalue weighted by Crippen LogP contribution is -2.42. The van der Waals surface area contributed by atoms with Crippen LogP contribution in [0.3, 0.4) is 0 Å². The number of hydrogen-bond acceptors (Lipinski definition) is 4. The van der Waals surface area contributed by atoms with Crippen LogP contribution in [0.4, 0.5) is 15.8 Å². The van der Waals surface area contributed by atoms with Crippen LogP contribution >= 0.6 is 0 Å². The average molecular weight is 460 g/mol. The van der Waals surface area contributed by atoms with Crippen molar-refractivity contribution >= 4 is 27.3 Å². The molecule has 0 spiro atoms. The molecule has 6 nitrogen and oxygen atoms in total. The van der Waals surface area contributed by atoms with E-state index >= 15 is 0 Å². The molecule has 0 bridgehead atoms. The van der Waals surface area contributed by atoms with Crippen molar-refractivity contribution in [2.75, 3.05) is 29.9 Å². The van der Waals surface area contributed by atoms with Gasteiger partial charge in [0.2, 0.25) is 10.0 Å². The summed E-state index contributed by atoms with van der Waals surface area (Å²) in [4.78, 5) is 15.3. The highest BCUT2D eigenvalue weighted by molar-refractivity contribution is 7.89. The standard InChI is InChI=1S/C24H30FN3O3S/c1-17-11-12-19(32(30,31)28-15-4-3-8-18(28)2)16-20(17)24(29)26-23-21(25)9-7-10-22(23)27-13-5-6-14-27/h7,9-12,16,18H,3-6,8,13-15H2,1-2H3,(H,26,29). The summed E-state index contributed by atoms with van der Waals surface area (Å²) in [6.45, 7) is 5.77. The van der Waals surface area contributed by atoms with E-state index in [4.69, 9.17) is 0 Å². The van der Waals surface area contributed by atoms with E-state index in [1.807, 2.05) is 6.92 Å². The van der Waals surface area contributed by atoms with Gasteiger partial charge in [-0.1, -0.05) is 18.6 Å². The lowest BCUT2D eigenvalue weighted by atomic mass is 10.1. The second kappa shape index (κ2) is 9.19. The monoisotopic (exact) mass is 459 g/mol. The van der Waals surface area contributed by atoms with E-state index in [0.717, 1.165) is 45.2 Å². The third-order valence-corrected chi connectivity index (χ3v) is 8.49. The van der Waals surface area contributed by atoms with E-state index < -0.39 is 21.7 Å². The van der Waals surface area contributed by atoms with Gasteiger partial charge in [-0.2, -0.15) is 4.31 Å². The molecule has 0 aliphatic carbocycles. The first-order valence-electron chi connectivity index (χ1n) is 11.3. The summed E-state index contributed by atoms with van der Waals surface area (Å²) in [7, 11) is -3.72. The number of sulfonamides is 1. The fourth-order valence-electron chi connectivity index (χ4n) is 4.61. The summed E-state index contributed by atoms with van der Waals surface area (Å²) < 4.78 is 42.7. The van der Waals surface area contributed by atoms with Gasteiger partial charge in [0.15, 0.2) is 0 Å². The number of carbonyl (C=O) groups excluding carboxylic acids is 1. The van der Waals surface area contributed by atoms with Gasteiger partial charge in [0.25, 0.3) is 5.91 Å². The topological polar surface area (TPSA) is 69.7 Å². The molecule has 1 amide bonds. The van der Waals surface area contributed by atoms with Crippen molar-refractivity contribution in [3.63, 3.8) is 0 Å². The number of hydrogen-bond donors (Lipinski definition) is 1. The fraction of sp³-hybridized carbons (Fsp3) is 0.458. The van der Waals surface area contributed by atoms with Crippen molar-refractivity contribution in [2.45, 2.75) is 56.9 Å². The zero-order valence-electron chi connectivity index (χ0n) is 18.6. The molecule has 2 aliphatic heterocycles. The maximum atomic E-state index is 14.7. The molecule has 0 saturated carbocycles. The van der Waals surface area contributed by atoms with Crippen LogP contribution in [-0.2, 0) is 10.0 Å². The number of benzene rings is 2. The second-order valence-electron chi connectivity index (χ2n) is 8.72. The zero-order chi connectivity index (χ0) is 22.9. The average Bonchev–Trinajstić information content (AvgIpc) is 3.30. The zero-order valence-corrected chi connectivity index (χ0v) is 19.4. The molecule has 1 atom stereocenters. The molecular weight excluding hydrogens is 429 g/mol. The minimum atomic E-state index is -3.72. The van der Waals surface area contributed by atoms with Crippen LogP contribution in [0.5, 0.6) is 0 Å². The Kier molecular flexibility index (Phi) is 6.53. The van der Waals surface area contributed by atoms with Crippen LogP contribution in [0.1, 0.15) is 54.9 Å². The Hall–Kier alpha value is -2.45. The van der Waals surface area contributed by atoms with E-state index in [2.05, 4.69) is 10.2 Å². The Labute approximate surface area is 189 Å². The number of amides is 1. The number of nitrogens with one attached hydrogen (secondary N) is 1. The molecular formula is C24H30FN3O3S. The first kappa shape index (κ1) is 22.7. The van der Waals surface area contributed by atoms with Crippen molar-refractivity contribution in [2.24, 2.45) is 0 Å². The minimum Gasteiger partial charge on any atom is -0.370 e. The third-order valence-electron chi connectivity index (χ3n) is 6.48. The number of aryl methyl sites for hydroxylation is 1. The van der Waals surface area contributed by atoms with Crippen LogP contribution in [0.2, 0.25) is 0 Å². The molecule has 0 radical (unpaired) electrons. The molecule has 0 aromatic heterocycles. The summed E-state index contributed by atoms with van der Waals surface area (Å²) in [6.07, 6.45) is 4.72. The molecule has 2 aromatic rings. The predicted octanol–water partition coefficient (Wildman–Crippen LogP) is 4.55. The maximum absolute atomic E-state index is 14.7. The van der Waals surface area contributed by atoms with Crippen molar-refractivity contribution in [3.05, 3.63) is 53.3 Å². The number of carbonyl (C=O) groups is 1. The number of rotatable bonds is 5. The smallest absolute Gasteiger partial charge is 0.256 e. The molecule has 172 valence electrons. The van der Waals surface area contributed by atoms with E-state index in [0.29, 0.717) is 17.8 Å². The van der Waals surface area contributed by atoms with E-state index in [9.17, 15) is 17.6 Å². The molecule has 4 rings (SSSR count). The summed E-state index contributed by atoms with van der Waals surface area (Å²) in [5, 5.41) is 2.72. The molecule has 2 aromatic carbocycles. The molecule has 32 heavy (non-hydrogen) atoms. The highest BCUT2D eigenvalue weighted by atomic mass is 32.2. The Morgan fingerprint density at radius 3 is 2.50 bits per heavy atom. The summed E-state index contributed by atoms with van der Waals surface area (Å²) >= 11 is 0. The molecule has 1 N–H and O–H groups in total. The SMILES string of the molecule is Cc1ccc(S(=O)(=O)N2CCCCC2C)cc1C(=O)Nc1c(F)cccc1N1CCCC1. The van der Waals surface area contributed by atoms with Gasteiger partial charge in [0.1, 0.15) is 11.5 Å². The Bertz CT molecular complexity index is 1110. The van der Waals surface area contributed by atoms with Gasteiger partial charge in [-0.15, -0.1) is 0 Å². The largest absolute Gasteiger partial charge is 0.370 e. The Balaban J connectivity index is 1.65. The first-order chi connectivity index (χ1) is 15.3. The van der Waals surface area contributed by atoms with Crippen LogP contribution in [0, 0.1) is 12.7 Å². The Morgan fingerprint density at radius 1 is 1.06 bits per heavy atom. The summed E-state index contributed by atoms with van der Waals surface area (Å²) in [5.74, 6) is -1.02. The van der Waals surface area contributed by atoms with Gasteiger partial charge in [0, 0.05) is 31.2 Å². The van der Waals surface area contributed by atoms with Gasteiger partial charge in [-0.3, -0.25) is 4.79 Å². The van der Waals surface area contributed by atoms with Crippen LogP contribution < -0.4 is 10.2 Å². The lowest BCUT2D eigenvalue weighted by Gasteiger charge is -2.32. The van der Waals surface area contributed by atoms with Crippen molar-refractivity contribution in [1.29, 1.82) is 0 Å². The van der Waals surface area contributed by atoms with Gasteiger partial charge in [-0.05, 0) is 69.4 Å². The van der Waals surface area contributed by atoms with E-state index in [1.54, 1.807) is 31.2 Å². The molecule has 2 heterocycles. The molecule has 2 aliphatic rings. The quantitative estimate of drug-likeness (QED) is 0.712. The number of nitrogens with zero attached hydrogens (tertiary/aromatic N) is 2. The maximum Gasteiger partial charge on any atom is 0.256 e. The van der Waals surface area contributed by atoms with Gasteiger partial charge < -0.3 is 10.2 Å². The highest BCUT2D eigenvalue weighted by Gasteiger charge is 2.31. The summed E-state index contributed by atoms with van der Waals surface area (Å²) in [5.41, 5.74) is 1.65. The van der Waals surface area contributed by atoms with Gasteiger partial charge in [0.05, 0.1) is 10.6 Å². The number of para-hydroxylation sites is 1. The molecule has 1 unspecified atom stereocenters. The minimum absolute atomic E-state index is 0.0752. The summed E-state index contributed by atoms with van der Waals surface area (Å²) in [6, 6.07) is 9.28. The number of anilines is 2. The van der Waals surface area contributed by atoms with Gasteiger partial charge >= 0.3 is 0 Å². The third kappa shape index (κ3) is 4.38. The first-order valence-corrected chi connectivity index (χ1v) is 12.7. The fourth-order valence-corrected chi connectivity index (χ4v) is 6.34. The second-order valence-corrected chi connectivity index (χ2v) is 10.6. The van der Waals surface area contributed by atoms with Crippen molar-refractivity contribution < 1.29 is 17.6 Å². The number of piperidine rings is 1. The Morgan fingerprint density at radius 2 is 1.78 bits per heavy atom. The molecule has 2 saturated heterocycles. The van der Waals surface area contributed by atoms with Gasteiger partial charge in [-0.25, -0.2) is 12.8 Å². The van der Waals surface area contributed by atoms with Crippen LogP contribution in [0.25, 0.3) is 0 Å². The van der Waals surface area contributed by atoms with E-state index in [-0.39, 0.29) is 22.2 Å². The van der Waals surface area contributed by atoms with Crippen molar-refractivity contribution in [3.8, 4) is 0 Å². The molecule has 8 heteroatoms. The molecule has 2 fully saturated rings. The highest BCUT2D eigenvalue weighted by Crippen LogP contribution is 2.32. The normalized spacial score (nSPS) is 19.8. The predicted molar refractivity (Wildman–Crippen MR) is 124 cm³/mol. The van der Waals surface area contributed by atoms with Crippen LogP contribution in [0.15, 0.2) is 41.3 Å². The van der Waals surface area contributed by atoms with Crippen LogP contribution in [-0.4, -0.2) is 44.3 Å². The van der Waals surface area contributed by atoms with E-state index in [1.165, 1.54) is 16.4 Å².